The smallest absolute Gasteiger partial charge is 0.180 e. The predicted molar refractivity (Wildman–Crippen MR) is 84.0 cm³/mol. The van der Waals surface area contributed by atoms with Crippen LogP contribution in [0.2, 0.25) is 0 Å². The molecule has 1 heterocycles. The van der Waals surface area contributed by atoms with Gasteiger partial charge < -0.3 is 4.74 Å². The fourth-order valence-electron chi connectivity index (χ4n) is 2.03. The number of hydrogen-bond acceptors (Lipinski definition) is 3. The summed E-state index contributed by atoms with van der Waals surface area (Å²) in [6.07, 6.45) is 5.57. The summed E-state index contributed by atoms with van der Waals surface area (Å²) in [5.41, 5.74) is 1.81. The van der Waals surface area contributed by atoms with Crippen molar-refractivity contribution in [3.05, 3.63) is 53.9 Å². The molecule has 1 aromatic heterocycles. The number of aryl methyl sites for hydroxylation is 1. The number of ketones is 1. The van der Waals surface area contributed by atoms with Gasteiger partial charge in [0.1, 0.15) is 17.2 Å². The lowest BCUT2D eigenvalue weighted by molar-refractivity contribution is 0.0983. The van der Waals surface area contributed by atoms with Crippen LogP contribution in [0.25, 0.3) is 0 Å². The third kappa shape index (κ3) is 4.42. The summed E-state index contributed by atoms with van der Waals surface area (Å²) in [6, 6.07) is 11.6. The van der Waals surface area contributed by atoms with E-state index >= 15 is 0 Å². The zero-order valence-corrected chi connectivity index (χ0v) is 12.6. The summed E-state index contributed by atoms with van der Waals surface area (Å²) in [4.78, 5) is 15.6. The van der Waals surface area contributed by atoms with E-state index in [9.17, 15) is 4.79 Å². The number of unbranched alkanes of at least 4 members (excludes halogenated alkanes) is 1. The van der Waals surface area contributed by atoms with E-state index in [0.29, 0.717) is 17.9 Å². The van der Waals surface area contributed by atoms with Crippen molar-refractivity contribution in [1.29, 1.82) is 0 Å². The molecule has 110 valence electrons. The minimum atomic E-state index is 0.0434. The van der Waals surface area contributed by atoms with Crippen molar-refractivity contribution in [2.45, 2.75) is 39.5 Å². The van der Waals surface area contributed by atoms with E-state index in [1.54, 1.807) is 18.3 Å². The molecule has 0 spiro atoms. The van der Waals surface area contributed by atoms with Crippen LogP contribution in [0.4, 0.5) is 0 Å². The molecule has 0 saturated heterocycles. The Labute approximate surface area is 126 Å². The minimum absolute atomic E-state index is 0.0434. The molecule has 0 unspecified atom stereocenters. The van der Waals surface area contributed by atoms with Crippen molar-refractivity contribution in [1.82, 2.24) is 4.98 Å². The number of rotatable bonds is 7. The van der Waals surface area contributed by atoms with Crippen molar-refractivity contribution in [2.24, 2.45) is 0 Å². The molecule has 0 bridgehead atoms. The molecule has 0 radical (unpaired) electrons. The highest BCUT2D eigenvalue weighted by atomic mass is 16.5. The number of carbonyl (C=O) groups excluding carboxylic acids is 1. The van der Waals surface area contributed by atoms with E-state index < -0.39 is 0 Å². The third-order valence-electron chi connectivity index (χ3n) is 3.32. The molecule has 3 nitrogen and oxygen atoms in total. The fourth-order valence-corrected chi connectivity index (χ4v) is 2.03. The first-order chi connectivity index (χ1) is 10.2. The van der Waals surface area contributed by atoms with Gasteiger partial charge >= 0.3 is 0 Å². The van der Waals surface area contributed by atoms with Crippen molar-refractivity contribution in [2.75, 3.05) is 0 Å². The zero-order chi connectivity index (χ0) is 15.1. The Hall–Kier alpha value is -2.16. The Bertz CT molecular complexity index is 573. The molecule has 0 aliphatic heterocycles. The van der Waals surface area contributed by atoms with Gasteiger partial charge in [-0.25, -0.2) is 4.98 Å². The number of hydrogen-bond donors (Lipinski definition) is 0. The summed E-state index contributed by atoms with van der Waals surface area (Å²) >= 11 is 0. The molecule has 0 aliphatic rings. The number of pyridine rings is 1. The maximum absolute atomic E-state index is 11.5. The van der Waals surface area contributed by atoms with Gasteiger partial charge in [0.05, 0.1) is 6.20 Å². The van der Waals surface area contributed by atoms with Gasteiger partial charge in [-0.15, -0.1) is 0 Å². The summed E-state index contributed by atoms with van der Waals surface area (Å²) in [6.45, 7) is 4.02. The van der Waals surface area contributed by atoms with Crippen LogP contribution in [0.1, 0.15) is 49.2 Å². The van der Waals surface area contributed by atoms with Crippen LogP contribution in [0.3, 0.4) is 0 Å². The molecule has 2 rings (SSSR count). The van der Waals surface area contributed by atoms with Gasteiger partial charge in [0, 0.05) is 6.42 Å². The SMILES string of the molecule is CCCCc1ccc(Oc2ccc(C(=O)CC)nc2)cc1. The molecule has 0 fully saturated rings. The van der Waals surface area contributed by atoms with Crippen molar-refractivity contribution < 1.29 is 9.53 Å². The van der Waals surface area contributed by atoms with Gasteiger partial charge in [-0.1, -0.05) is 32.4 Å². The van der Waals surface area contributed by atoms with Gasteiger partial charge in [-0.3, -0.25) is 4.79 Å². The lowest BCUT2D eigenvalue weighted by atomic mass is 10.1. The molecular formula is C18H21NO2. The predicted octanol–water partition coefficient (Wildman–Crippen LogP) is 4.81. The van der Waals surface area contributed by atoms with E-state index in [-0.39, 0.29) is 5.78 Å². The summed E-state index contributed by atoms with van der Waals surface area (Å²) < 4.78 is 5.73. The minimum Gasteiger partial charge on any atom is -0.456 e. The Kier molecular flexibility index (Phi) is 5.50. The van der Waals surface area contributed by atoms with Gasteiger partial charge in [-0.05, 0) is 42.7 Å². The Morgan fingerprint density at radius 2 is 1.76 bits per heavy atom. The van der Waals surface area contributed by atoms with Crippen LogP contribution >= 0.6 is 0 Å². The molecule has 3 heteroatoms. The molecule has 1 aromatic carbocycles. The first kappa shape index (κ1) is 15.2. The van der Waals surface area contributed by atoms with E-state index in [1.807, 2.05) is 19.1 Å². The maximum atomic E-state index is 11.5. The Morgan fingerprint density at radius 3 is 2.33 bits per heavy atom. The summed E-state index contributed by atoms with van der Waals surface area (Å²) in [5.74, 6) is 1.47. The van der Waals surface area contributed by atoms with Crippen LogP contribution in [0, 0.1) is 0 Å². The largest absolute Gasteiger partial charge is 0.456 e. The van der Waals surface area contributed by atoms with E-state index in [1.165, 1.54) is 18.4 Å². The zero-order valence-electron chi connectivity index (χ0n) is 12.6. The fraction of sp³-hybridized carbons (Fsp3) is 0.333. The summed E-state index contributed by atoms with van der Waals surface area (Å²) in [7, 11) is 0. The second-order valence-electron chi connectivity index (χ2n) is 5.01. The highest BCUT2D eigenvalue weighted by Crippen LogP contribution is 2.21. The van der Waals surface area contributed by atoms with E-state index in [2.05, 4.69) is 24.0 Å². The average Bonchev–Trinajstić information content (AvgIpc) is 2.54. The van der Waals surface area contributed by atoms with Crippen molar-refractivity contribution >= 4 is 5.78 Å². The third-order valence-corrected chi connectivity index (χ3v) is 3.32. The van der Waals surface area contributed by atoms with Gasteiger partial charge in [-0.2, -0.15) is 0 Å². The molecule has 0 atom stereocenters. The highest BCUT2D eigenvalue weighted by Gasteiger charge is 2.05. The number of nitrogens with zero attached hydrogens (tertiary/aromatic N) is 1. The quantitative estimate of drug-likeness (QED) is 0.684. The molecule has 0 amide bonds. The van der Waals surface area contributed by atoms with Crippen LogP contribution in [-0.4, -0.2) is 10.8 Å². The number of ether oxygens (including phenoxy) is 1. The van der Waals surface area contributed by atoms with Crippen molar-refractivity contribution in [3.63, 3.8) is 0 Å². The van der Waals surface area contributed by atoms with Crippen LogP contribution in [0.15, 0.2) is 42.6 Å². The van der Waals surface area contributed by atoms with Crippen LogP contribution in [0.5, 0.6) is 11.5 Å². The van der Waals surface area contributed by atoms with Gasteiger partial charge in [0.15, 0.2) is 5.78 Å². The Morgan fingerprint density at radius 1 is 1.05 bits per heavy atom. The van der Waals surface area contributed by atoms with E-state index in [0.717, 1.165) is 12.2 Å². The van der Waals surface area contributed by atoms with Crippen LogP contribution < -0.4 is 4.74 Å². The molecule has 2 aromatic rings. The number of benzene rings is 1. The van der Waals surface area contributed by atoms with E-state index in [4.69, 9.17) is 4.74 Å². The normalized spacial score (nSPS) is 10.4. The first-order valence-electron chi connectivity index (χ1n) is 7.49. The lowest BCUT2D eigenvalue weighted by Crippen LogP contribution is -1.99. The molecule has 0 saturated carbocycles. The highest BCUT2D eigenvalue weighted by molar-refractivity contribution is 5.93. The first-order valence-corrected chi connectivity index (χ1v) is 7.49. The standard InChI is InChI=1S/C18H21NO2/c1-3-5-6-14-7-9-15(10-8-14)21-16-11-12-17(19-13-16)18(20)4-2/h7-13H,3-6H2,1-2H3. The number of aromatic nitrogens is 1. The number of carbonyl (C=O) groups is 1. The average molecular weight is 283 g/mol. The van der Waals surface area contributed by atoms with Crippen LogP contribution in [-0.2, 0) is 6.42 Å². The number of Topliss-reactive ketones (excluding diaryl/α,β-unsaturated/α-hetero) is 1. The van der Waals surface area contributed by atoms with Crippen molar-refractivity contribution in [3.8, 4) is 11.5 Å². The topological polar surface area (TPSA) is 39.2 Å². The summed E-state index contributed by atoms with van der Waals surface area (Å²) in [5, 5.41) is 0. The molecule has 21 heavy (non-hydrogen) atoms. The molecule has 0 N–H and O–H groups in total. The lowest BCUT2D eigenvalue weighted by Gasteiger charge is -2.07. The maximum Gasteiger partial charge on any atom is 0.180 e. The monoisotopic (exact) mass is 283 g/mol. The van der Waals surface area contributed by atoms with Gasteiger partial charge in [0.25, 0.3) is 0 Å². The molecular weight excluding hydrogens is 262 g/mol. The molecule has 0 aliphatic carbocycles. The van der Waals surface area contributed by atoms with Gasteiger partial charge in [0.2, 0.25) is 0 Å². The second-order valence-corrected chi connectivity index (χ2v) is 5.01. The Balaban J connectivity index is 1.99. The second kappa shape index (κ2) is 7.58.